The molecule has 0 N–H and O–H groups in total. The zero-order chi connectivity index (χ0) is 18.3. The lowest BCUT2D eigenvalue weighted by Crippen LogP contribution is -2.22. The summed E-state index contributed by atoms with van der Waals surface area (Å²) in [4.78, 5) is 20.3. The van der Waals surface area contributed by atoms with E-state index >= 15 is 0 Å². The largest absolute Gasteiger partial charge is 0.268 e. The number of thiophene rings is 1. The number of halogens is 1. The molecule has 7 heteroatoms. The van der Waals surface area contributed by atoms with Crippen LogP contribution in [0, 0.1) is 11.3 Å². The van der Waals surface area contributed by atoms with Gasteiger partial charge in [0.2, 0.25) is 0 Å². The Morgan fingerprint density at radius 1 is 1.31 bits per heavy atom. The maximum atomic E-state index is 13.4. The van der Waals surface area contributed by atoms with Gasteiger partial charge < -0.3 is 0 Å². The van der Waals surface area contributed by atoms with E-state index in [-0.39, 0.29) is 10.8 Å². The van der Waals surface area contributed by atoms with E-state index in [0.29, 0.717) is 10.2 Å². The Labute approximate surface area is 164 Å². The van der Waals surface area contributed by atoms with Crippen molar-refractivity contribution >= 4 is 44.9 Å². The molecule has 2 aromatic heterocycles. The molecule has 3 aromatic rings. The number of nitrogens with zero attached hydrogens (tertiary/aromatic N) is 3. The Kier molecular flexibility index (Phi) is 4.78. The molecular weight excluding hydrogens is 386 g/mol. The monoisotopic (exact) mass is 401 g/mol. The van der Waals surface area contributed by atoms with Gasteiger partial charge >= 0.3 is 0 Å². The minimum absolute atomic E-state index is 0.0515. The summed E-state index contributed by atoms with van der Waals surface area (Å²) in [5.74, 6) is 0. The van der Waals surface area contributed by atoms with Crippen molar-refractivity contribution in [2.75, 3.05) is 0 Å². The Bertz CT molecular complexity index is 1080. The molecule has 1 atom stereocenters. The molecular formula is C19H16ClN3OS2. The smallest absolute Gasteiger partial charge is 0.267 e. The second-order valence-electron chi connectivity index (χ2n) is 6.29. The number of aryl methyl sites for hydroxylation is 2. The summed E-state index contributed by atoms with van der Waals surface area (Å²) in [7, 11) is 0. The number of rotatable bonds is 3. The van der Waals surface area contributed by atoms with Gasteiger partial charge in [-0.25, -0.2) is 4.98 Å². The molecule has 2 heterocycles. The van der Waals surface area contributed by atoms with E-state index in [1.54, 1.807) is 28.0 Å². The number of thioether (sulfide) groups is 1. The van der Waals surface area contributed by atoms with Crippen LogP contribution in [0.2, 0.25) is 5.02 Å². The number of hydrogen-bond acceptors (Lipinski definition) is 5. The first-order valence-corrected chi connectivity index (χ1v) is 10.6. The predicted octanol–water partition coefficient (Wildman–Crippen LogP) is 4.98. The Morgan fingerprint density at radius 2 is 2.04 bits per heavy atom. The van der Waals surface area contributed by atoms with Gasteiger partial charge in [-0.05, 0) is 62.4 Å². The van der Waals surface area contributed by atoms with E-state index in [4.69, 9.17) is 16.6 Å². The van der Waals surface area contributed by atoms with E-state index in [0.717, 1.165) is 41.6 Å². The van der Waals surface area contributed by atoms with Crippen LogP contribution in [0.5, 0.6) is 0 Å². The van der Waals surface area contributed by atoms with E-state index in [1.165, 1.54) is 22.2 Å². The molecule has 1 unspecified atom stereocenters. The molecule has 26 heavy (non-hydrogen) atoms. The zero-order valence-electron chi connectivity index (χ0n) is 14.2. The maximum Gasteiger partial charge on any atom is 0.267 e. The molecule has 1 aromatic carbocycles. The van der Waals surface area contributed by atoms with Gasteiger partial charge in [-0.2, -0.15) is 5.26 Å². The summed E-state index contributed by atoms with van der Waals surface area (Å²) in [5, 5.41) is 10.8. The van der Waals surface area contributed by atoms with Crippen molar-refractivity contribution in [1.29, 1.82) is 5.26 Å². The first kappa shape index (κ1) is 17.6. The van der Waals surface area contributed by atoms with Gasteiger partial charge in [0.25, 0.3) is 5.56 Å². The second kappa shape index (κ2) is 7.07. The fourth-order valence-electron chi connectivity index (χ4n) is 3.27. The number of nitriles is 1. The number of hydrogen-bond donors (Lipinski definition) is 0. The standard InChI is InChI=1S/C19H16ClN3OS2/c1-11(10-21)25-19-22-17-16(14-4-2-3-5-15(14)26-17)18(24)23(19)13-8-6-12(20)7-9-13/h6-9,11H,2-5H2,1H3. The lowest BCUT2D eigenvalue weighted by Gasteiger charge is -2.14. The minimum Gasteiger partial charge on any atom is -0.268 e. The van der Waals surface area contributed by atoms with Crippen LogP contribution in [0.4, 0.5) is 0 Å². The zero-order valence-corrected chi connectivity index (χ0v) is 16.5. The normalized spacial score (nSPS) is 14.8. The third kappa shape index (κ3) is 3.05. The highest BCUT2D eigenvalue weighted by atomic mass is 35.5. The lowest BCUT2D eigenvalue weighted by atomic mass is 9.97. The molecule has 1 aliphatic carbocycles. The van der Waals surface area contributed by atoms with E-state index in [1.807, 2.05) is 19.1 Å². The van der Waals surface area contributed by atoms with Crippen molar-refractivity contribution in [3.63, 3.8) is 0 Å². The minimum atomic E-state index is -0.299. The molecule has 4 rings (SSSR count). The van der Waals surface area contributed by atoms with Crippen LogP contribution in [0.15, 0.2) is 34.2 Å². The molecule has 0 fully saturated rings. The van der Waals surface area contributed by atoms with E-state index < -0.39 is 0 Å². The summed E-state index contributed by atoms with van der Waals surface area (Å²) in [6.45, 7) is 1.81. The van der Waals surface area contributed by atoms with Gasteiger partial charge in [-0.1, -0.05) is 23.4 Å². The lowest BCUT2D eigenvalue weighted by molar-refractivity contribution is 0.699. The van der Waals surface area contributed by atoms with Crippen molar-refractivity contribution in [2.45, 2.75) is 43.0 Å². The Morgan fingerprint density at radius 3 is 2.77 bits per heavy atom. The summed E-state index contributed by atoms with van der Waals surface area (Å²) in [6, 6.07) is 9.37. The maximum absolute atomic E-state index is 13.4. The van der Waals surface area contributed by atoms with E-state index in [9.17, 15) is 10.1 Å². The van der Waals surface area contributed by atoms with Gasteiger partial charge in [0.05, 0.1) is 22.4 Å². The molecule has 4 nitrogen and oxygen atoms in total. The van der Waals surface area contributed by atoms with Gasteiger partial charge in [0.15, 0.2) is 5.16 Å². The van der Waals surface area contributed by atoms with Crippen molar-refractivity contribution < 1.29 is 0 Å². The van der Waals surface area contributed by atoms with Crippen LogP contribution in [0.1, 0.15) is 30.2 Å². The fourth-order valence-corrected chi connectivity index (χ4v) is 5.51. The molecule has 0 radical (unpaired) electrons. The Balaban J connectivity index is 2.01. The number of benzene rings is 1. The summed E-state index contributed by atoms with van der Waals surface area (Å²) in [5.41, 5.74) is 1.84. The molecule has 0 saturated heterocycles. The van der Waals surface area contributed by atoms with Gasteiger partial charge in [-0.15, -0.1) is 11.3 Å². The second-order valence-corrected chi connectivity index (χ2v) is 9.12. The summed E-state index contributed by atoms with van der Waals surface area (Å²) in [6.07, 6.45) is 4.24. The highest BCUT2D eigenvalue weighted by molar-refractivity contribution is 8.00. The van der Waals surface area contributed by atoms with Crippen LogP contribution in [0.25, 0.3) is 15.9 Å². The van der Waals surface area contributed by atoms with Gasteiger partial charge in [0, 0.05) is 9.90 Å². The van der Waals surface area contributed by atoms with Gasteiger partial charge in [-0.3, -0.25) is 9.36 Å². The first-order chi connectivity index (χ1) is 12.6. The molecule has 0 spiro atoms. The van der Waals surface area contributed by atoms with Crippen LogP contribution in [0.3, 0.4) is 0 Å². The van der Waals surface area contributed by atoms with Crippen molar-refractivity contribution in [1.82, 2.24) is 9.55 Å². The Hall–Kier alpha value is -1.81. The van der Waals surface area contributed by atoms with E-state index in [2.05, 4.69) is 6.07 Å². The molecule has 0 aliphatic heterocycles. The SMILES string of the molecule is CC(C#N)Sc1nc2sc3c(c2c(=O)n1-c1ccc(Cl)cc1)CCCC3. The van der Waals surface area contributed by atoms with Crippen LogP contribution in [-0.4, -0.2) is 14.8 Å². The van der Waals surface area contributed by atoms with Crippen LogP contribution in [-0.2, 0) is 12.8 Å². The fraction of sp³-hybridized carbons (Fsp3) is 0.316. The van der Waals surface area contributed by atoms with Gasteiger partial charge in [0.1, 0.15) is 4.83 Å². The summed E-state index contributed by atoms with van der Waals surface area (Å²) >= 11 is 8.94. The quantitative estimate of drug-likeness (QED) is 0.458. The third-order valence-corrected chi connectivity index (χ3v) is 6.89. The van der Waals surface area contributed by atoms with Crippen molar-refractivity contribution in [2.24, 2.45) is 0 Å². The van der Waals surface area contributed by atoms with Crippen molar-refractivity contribution in [3.8, 4) is 11.8 Å². The molecule has 0 saturated carbocycles. The number of aromatic nitrogens is 2. The molecule has 132 valence electrons. The molecule has 0 bridgehead atoms. The molecule has 0 amide bonds. The number of fused-ring (bicyclic) bond motifs is 3. The highest BCUT2D eigenvalue weighted by Crippen LogP contribution is 2.35. The average Bonchev–Trinajstić information content (AvgIpc) is 3.01. The molecule has 1 aliphatic rings. The van der Waals surface area contributed by atoms with Crippen LogP contribution < -0.4 is 5.56 Å². The summed E-state index contributed by atoms with van der Waals surface area (Å²) < 4.78 is 1.62. The predicted molar refractivity (Wildman–Crippen MR) is 108 cm³/mol. The van der Waals surface area contributed by atoms with Crippen molar-refractivity contribution in [3.05, 3.63) is 50.1 Å². The van der Waals surface area contributed by atoms with Crippen LogP contribution >= 0.6 is 34.7 Å². The first-order valence-electron chi connectivity index (χ1n) is 8.48. The third-order valence-electron chi connectivity index (χ3n) is 4.51. The average molecular weight is 402 g/mol. The highest BCUT2D eigenvalue weighted by Gasteiger charge is 2.23. The topological polar surface area (TPSA) is 58.7 Å².